The molecular weight excluding hydrogens is 346 g/mol. The van der Waals surface area contributed by atoms with Gasteiger partial charge < -0.3 is 15.5 Å². The Morgan fingerprint density at radius 3 is 2.58 bits per heavy atom. The van der Waals surface area contributed by atoms with E-state index in [1.165, 1.54) is 22.9 Å². The standard InChI is InChI=1S/C20H21N3O2S/c1-13-8-9-16(12-14(13)2)25-10-11-26-20-22-18(21)17(19(24)23-20)15-6-4-3-5-7-15/h3-9,12H,10-11H2,1-2H3,(H3,21,22,23,24). The summed E-state index contributed by atoms with van der Waals surface area (Å²) in [6.45, 7) is 4.64. The van der Waals surface area contributed by atoms with Crippen molar-refractivity contribution < 1.29 is 4.74 Å². The monoisotopic (exact) mass is 367 g/mol. The number of thioether (sulfide) groups is 1. The normalized spacial score (nSPS) is 10.7. The molecule has 0 amide bonds. The van der Waals surface area contributed by atoms with Gasteiger partial charge in [-0.15, -0.1) is 0 Å². The van der Waals surface area contributed by atoms with Gasteiger partial charge in [0.1, 0.15) is 11.6 Å². The molecule has 0 bridgehead atoms. The fourth-order valence-corrected chi connectivity index (χ4v) is 3.21. The molecular formula is C20H21N3O2S. The summed E-state index contributed by atoms with van der Waals surface area (Å²) in [6.07, 6.45) is 0. The van der Waals surface area contributed by atoms with Crippen LogP contribution in [0, 0.1) is 13.8 Å². The predicted molar refractivity (Wildman–Crippen MR) is 107 cm³/mol. The Morgan fingerprint density at radius 2 is 1.88 bits per heavy atom. The predicted octanol–water partition coefficient (Wildman–Crippen LogP) is 3.81. The number of nitrogens with two attached hydrogens (primary N) is 1. The third kappa shape index (κ3) is 4.26. The number of aromatic amines is 1. The summed E-state index contributed by atoms with van der Waals surface area (Å²) in [6, 6.07) is 15.3. The molecule has 6 heteroatoms. The molecule has 0 saturated carbocycles. The van der Waals surface area contributed by atoms with E-state index in [4.69, 9.17) is 10.5 Å². The van der Waals surface area contributed by atoms with E-state index in [-0.39, 0.29) is 11.4 Å². The number of H-pyrrole nitrogens is 1. The second-order valence-electron chi connectivity index (χ2n) is 5.94. The van der Waals surface area contributed by atoms with E-state index >= 15 is 0 Å². The van der Waals surface area contributed by atoms with E-state index in [1.807, 2.05) is 48.5 Å². The number of nitrogens with zero attached hydrogens (tertiary/aromatic N) is 1. The van der Waals surface area contributed by atoms with Crippen LogP contribution in [0.1, 0.15) is 11.1 Å². The lowest BCUT2D eigenvalue weighted by atomic mass is 10.1. The fourth-order valence-electron chi connectivity index (χ4n) is 2.52. The highest BCUT2D eigenvalue weighted by molar-refractivity contribution is 7.99. The van der Waals surface area contributed by atoms with Crippen molar-refractivity contribution in [2.75, 3.05) is 18.1 Å². The lowest BCUT2D eigenvalue weighted by Gasteiger charge is -2.09. The van der Waals surface area contributed by atoms with Gasteiger partial charge in [0.15, 0.2) is 5.16 Å². The Kier molecular flexibility index (Phi) is 5.63. The molecule has 0 radical (unpaired) electrons. The molecule has 0 atom stereocenters. The first-order valence-electron chi connectivity index (χ1n) is 8.32. The van der Waals surface area contributed by atoms with Gasteiger partial charge in [-0.2, -0.15) is 0 Å². The summed E-state index contributed by atoms with van der Waals surface area (Å²) in [4.78, 5) is 19.5. The number of anilines is 1. The maximum absolute atomic E-state index is 12.4. The van der Waals surface area contributed by atoms with Crippen LogP contribution in [0.3, 0.4) is 0 Å². The quantitative estimate of drug-likeness (QED) is 0.393. The molecule has 0 aliphatic rings. The average Bonchev–Trinajstić information content (AvgIpc) is 2.62. The molecule has 0 aliphatic carbocycles. The van der Waals surface area contributed by atoms with Gasteiger partial charge in [-0.1, -0.05) is 48.2 Å². The van der Waals surface area contributed by atoms with Crippen molar-refractivity contribution in [1.29, 1.82) is 0 Å². The smallest absolute Gasteiger partial charge is 0.261 e. The molecule has 1 aromatic heterocycles. The summed E-state index contributed by atoms with van der Waals surface area (Å²) >= 11 is 1.41. The van der Waals surface area contributed by atoms with E-state index in [1.54, 1.807) is 0 Å². The molecule has 1 heterocycles. The molecule has 3 aromatic rings. The van der Waals surface area contributed by atoms with Gasteiger partial charge in [-0.05, 0) is 42.7 Å². The fraction of sp³-hybridized carbons (Fsp3) is 0.200. The Hall–Kier alpha value is -2.73. The minimum atomic E-state index is -0.235. The van der Waals surface area contributed by atoms with Crippen LogP contribution in [0.4, 0.5) is 5.82 Å². The van der Waals surface area contributed by atoms with Crippen LogP contribution in [0.15, 0.2) is 58.5 Å². The van der Waals surface area contributed by atoms with Crippen molar-refractivity contribution >= 4 is 17.6 Å². The number of ether oxygens (including phenoxy) is 1. The second kappa shape index (κ2) is 8.10. The Labute approximate surface area is 156 Å². The minimum Gasteiger partial charge on any atom is -0.493 e. The molecule has 0 aliphatic heterocycles. The maximum atomic E-state index is 12.4. The molecule has 26 heavy (non-hydrogen) atoms. The van der Waals surface area contributed by atoms with Gasteiger partial charge in [0.2, 0.25) is 0 Å². The lowest BCUT2D eigenvalue weighted by molar-refractivity contribution is 0.343. The van der Waals surface area contributed by atoms with Crippen LogP contribution >= 0.6 is 11.8 Å². The van der Waals surface area contributed by atoms with E-state index in [0.29, 0.717) is 23.1 Å². The number of aryl methyl sites for hydroxylation is 2. The minimum absolute atomic E-state index is 0.234. The number of aromatic nitrogens is 2. The van der Waals surface area contributed by atoms with Crippen LogP contribution in [0.2, 0.25) is 0 Å². The van der Waals surface area contributed by atoms with Gasteiger partial charge in [0.25, 0.3) is 5.56 Å². The molecule has 5 nitrogen and oxygen atoms in total. The van der Waals surface area contributed by atoms with Gasteiger partial charge in [-0.3, -0.25) is 4.79 Å². The number of nitrogens with one attached hydrogen (secondary N) is 1. The zero-order chi connectivity index (χ0) is 18.5. The van der Waals surface area contributed by atoms with Crippen molar-refractivity contribution in [3.8, 4) is 16.9 Å². The van der Waals surface area contributed by atoms with E-state index in [2.05, 4.69) is 23.8 Å². The first kappa shape index (κ1) is 18.1. The number of nitrogen functional groups attached to an aromatic ring is 1. The van der Waals surface area contributed by atoms with Crippen molar-refractivity contribution in [2.45, 2.75) is 19.0 Å². The highest BCUT2D eigenvalue weighted by Gasteiger charge is 2.11. The molecule has 3 N–H and O–H groups in total. The largest absolute Gasteiger partial charge is 0.493 e. The molecule has 0 spiro atoms. The molecule has 134 valence electrons. The number of rotatable bonds is 6. The highest BCUT2D eigenvalue weighted by atomic mass is 32.2. The lowest BCUT2D eigenvalue weighted by Crippen LogP contribution is -2.15. The molecule has 0 saturated heterocycles. The topological polar surface area (TPSA) is 81.0 Å². The Bertz CT molecular complexity index is 955. The van der Waals surface area contributed by atoms with E-state index in [0.717, 1.165) is 11.3 Å². The second-order valence-corrected chi connectivity index (χ2v) is 7.02. The van der Waals surface area contributed by atoms with E-state index in [9.17, 15) is 4.79 Å². The van der Waals surface area contributed by atoms with E-state index < -0.39 is 0 Å². The van der Waals surface area contributed by atoms with Crippen LogP contribution in [0.5, 0.6) is 5.75 Å². The first-order valence-corrected chi connectivity index (χ1v) is 9.31. The molecule has 0 unspecified atom stereocenters. The van der Waals surface area contributed by atoms with Gasteiger partial charge in [0, 0.05) is 5.75 Å². The molecule has 0 fully saturated rings. The van der Waals surface area contributed by atoms with Crippen LogP contribution < -0.4 is 16.0 Å². The molecule has 3 rings (SSSR count). The summed E-state index contributed by atoms with van der Waals surface area (Å²) in [5, 5.41) is 0.496. The maximum Gasteiger partial charge on any atom is 0.261 e. The van der Waals surface area contributed by atoms with Crippen molar-refractivity contribution in [3.05, 3.63) is 70.0 Å². The SMILES string of the molecule is Cc1ccc(OCCSc2nc(N)c(-c3ccccc3)c(=O)[nH]2)cc1C. The number of benzene rings is 2. The summed E-state index contributed by atoms with van der Waals surface area (Å²) < 4.78 is 5.75. The Morgan fingerprint density at radius 1 is 1.12 bits per heavy atom. The van der Waals surface area contributed by atoms with Crippen LogP contribution in [-0.4, -0.2) is 22.3 Å². The highest BCUT2D eigenvalue weighted by Crippen LogP contribution is 2.22. The third-order valence-electron chi connectivity index (χ3n) is 4.06. The zero-order valence-electron chi connectivity index (χ0n) is 14.8. The average molecular weight is 367 g/mol. The van der Waals surface area contributed by atoms with Crippen molar-refractivity contribution in [2.24, 2.45) is 0 Å². The zero-order valence-corrected chi connectivity index (χ0v) is 15.6. The van der Waals surface area contributed by atoms with Gasteiger partial charge >= 0.3 is 0 Å². The Balaban J connectivity index is 1.62. The van der Waals surface area contributed by atoms with Crippen LogP contribution in [-0.2, 0) is 0 Å². The van der Waals surface area contributed by atoms with Crippen molar-refractivity contribution in [3.63, 3.8) is 0 Å². The number of hydrogen-bond acceptors (Lipinski definition) is 5. The third-order valence-corrected chi connectivity index (χ3v) is 4.89. The van der Waals surface area contributed by atoms with Gasteiger partial charge in [0.05, 0.1) is 12.2 Å². The first-order chi connectivity index (χ1) is 12.5. The van der Waals surface area contributed by atoms with Crippen LogP contribution in [0.25, 0.3) is 11.1 Å². The van der Waals surface area contributed by atoms with Gasteiger partial charge in [-0.25, -0.2) is 4.98 Å². The molecule has 2 aromatic carbocycles. The number of hydrogen-bond donors (Lipinski definition) is 2. The summed E-state index contributed by atoms with van der Waals surface area (Å²) in [7, 11) is 0. The summed E-state index contributed by atoms with van der Waals surface area (Å²) in [5.41, 5.74) is 9.37. The van der Waals surface area contributed by atoms with Crippen molar-refractivity contribution in [1.82, 2.24) is 9.97 Å². The summed E-state index contributed by atoms with van der Waals surface area (Å²) in [5.74, 6) is 1.73.